The number of nitrogens with zero attached hydrogens (tertiary/aromatic N) is 1. The van der Waals surface area contributed by atoms with Crippen molar-refractivity contribution in [3.8, 4) is 0 Å². The molecule has 0 aliphatic rings. The van der Waals surface area contributed by atoms with Gasteiger partial charge in [-0.25, -0.2) is 0 Å². The average molecular weight is 261 g/mol. The molecule has 2 atom stereocenters. The molecule has 0 N–H and O–H groups in total. The lowest BCUT2D eigenvalue weighted by molar-refractivity contribution is -0.136. The topological polar surface area (TPSA) is 20.3 Å². The minimum Gasteiger partial charge on any atom is -0.338 e. The van der Waals surface area contributed by atoms with Gasteiger partial charge in [-0.2, -0.15) is 0 Å². The monoisotopic (exact) mass is 261 g/mol. The lowest BCUT2D eigenvalue weighted by Gasteiger charge is -2.28. The van der Waals surface area contributed by atoms with Crippen molar-refractivity contribution in [1.29, 1.82) is 0 Å². The molecule has 1 aromatic carbocycles. The van der Waals surface area contributed by atoms with E-state index < -0.39 is 0 Å². The van der Waals surface area contributed by atoms with Gasteiger partial charge in [0, 0.05) is 19.0 Å². The molecule has 106 valence electrons. The molecule has 0 fully saturated rings. The molecule has 19 heavy (non-hydrogen) atoms. The summed E-state index contributed by atoms with van der Waals surface area (Å²) in [6.07, 6.45) is 2.02. The second-order valence-electron chi connectivity index (χ2n) is 5.53. The first-order chi connectivity index (χ1) is 9.08. The van der Waals surface area contributed by atoms with Gasteiger partial charge in [-0.3, -0.25) is 4.79 Å². The number of hydrogen-bond acceptors (Lipinski definition) is 1. The molecule has 1 aromatic rings. The third-order valence-corrected chi connectivity index (χ3v) is 3.79. The molecule has 0 saturated heterocycles. The second-order valence-corrected chi connectivity index (χ2v) is 5.53. The summed E-state index contributed by atoms with van der Waals surface area (Å²) in [5, 5.41) is 0. The van der Waals surface area contributed by atoms with Crippen LogP contribution in [0, 0.1) is 11.8 Å². The normalized spacial score (nSPS) is 13.9. The summed E-state index contributed by atoms with van der Waals surface area (Å²) in [5.41, 5.74) is 1.21. The number of benzene rings is 1. The molecule has 0 bridgehead atoms. The molecule has 0 spiro atoms. The molecule has 0 aliphatic carbocycles. The summed E-state index contributed by atoms with van der Waals surface area (Å²) in [7, 11) is 0. The van der Waals surface area contributed by atoms with Crippen LogP contribution in [0.25, 0.3) is 0 Å². The zero-order chi connectivity index (χ0) is 14.3. The Bertz CT molecular complexity index is 374. The molecule has 0 aliphatic heterocycles. The fourth-order valence-electron chi connectivity index (χ4n) is 2.03. The van der Waals surface area contributed by atoms with Gasteiger partial charge in [0.15, 0.2) is 0 Å². The van der Waals surface area contributed by atoms with Gasteiger partial charge in [0.05, 0.1) is 0 Å². The van der Waals surface area contributed by atoms with Crippen molar-refractivity contribution in [2.45, 2.75) is 47.1 Å². The summed E-state index contributed by atoms with van der Waals surface area (Å²) >= 11 is 0. The largest absolute Gasteiger partial charge is 0.338 e. The van der Waals surface area contributed by atoms with Crippen LogP contribution in [0.1, 0.15) is 46.1 Å². The van der Waals surface area contributed by atoms with E-state index in [9.17, 15) is 4.79 Å². The Morgan fingerprint density at radius 1 is 1.11 bits per heavy atom. The quantitative estimate of drug-likeness (QED) is 0.723. The molecular formula is C17H27NO. The van der Waals surface area contributed by atoms with Crippen LogP contribution in [0.2, 0.25) is 0 Å². The van der Waals surface area contributed by atoms with Gasteiger partial charge in [0.25, 0.3) is 0 Å². The molecular weight excluding hydrogens is 234 g/mol. The fourth-order valence-corrected chi connectivity index (χ4v) is 2.03. The second kappa shape index (κ2) is 7.98. The molecule has 2 nitrogen and oxygen atoms in total. The Balaban J connectivity index is 2.77. The van der Waals surface area contributed by atoms with Crippen LogP contribution < -0.4 is 0 Å². The molecule has 0 heterocycles. The predicted octanol–water partition coefficient (Wildman–Crippen LogP) is 4.11. The lowest BCUT2D eigenvalue weighted by atomic mass is 10.0. The highest BCUT2D eigenvalue weighted by atomic mass is 16.2. The number of rotatable bonds is 7. The minimum absolute atomic E-state index is 0.118. The fraction of sp³-hybridized carbons (Fsp3) is 0.588. The zero-order valence-corrected chi connectivity index (χ0v) is 12.7. The SMILES string of the molecule is CC[C@H](C)CN(Cc1ccccc1)C(=O)[C@@H](C)CC. The van der Waals surface area contributed by atoms with Gasteiger partial charge in [0.2, 0.25) is 5.91 Å². The van der Waals surface area contributed by atoms with Gasteiger partial charge in [0.1, 0.15) is 0 Å². The Morgan fingerprint density at radius 2 is 1.74 bits per heavy atom. The van der Waals surface area contributed by atoms with Crippen LogP contribution >= 0.6 is 0 Å². The molecule has 1 amide bonds. The van der Waals surface area contributed by atoms with Crippen molar-refractivity contribution in [2.24, 2.45) is 11.8 Å². The average Bonchev–Trinajstić information content (AvgIpc) is 2.45. The van der Waals surface area contributed by atoms with Crippen LogP contribution in [0.5, 0.6) is 0 Å². The van der Waals surface area contributed by atoms with Crippen LogP contribution in [0.3, 0.4) is 0 Å². The first kappa shape index (κ1) is 15.7. The maximum atomic E-state index is 12.5. The number of carbonyl (C=O) groups is 1. The molecule has 0 radical (unpaired) electrons. The van der Waals surface area contributed by atoms with E-state index in [1.807, 2.05) is 30.0 Å². The van der Waals surface area contributed by atoms with E-state index >= 15 is 0 Å². The van der Waals surface area contributed by atoms with Gasteiger partial charge >= 0.3 is 0 Å². The highest BCUT2D eigenvalue weighted by Gasteiger charge is 2.20. The standard InChI is InChI=1S/C17H27NO/c1-5-14(3)12-18(17(19)15(4)6-2)13-16-10-8-7-9-11-16/h7-11,14-15H,5-6,12-13H2,1-4H3/t14-,15-/m0/s1. The highest BCUT2D eigenvalue weighted by Crippen LogP contribution is 2.14. The van der Waals surface area contributed by atoms with Crippen LogP contribution in [0.4, 0.5) is 0 Å². The Morgan fingerprint density at radius 3 is 2.26 bits per heavy atom. The first-order valence-corrected chi connectivity index (χ1v) is 7.41. The van der Waals surface area contributed by atoms with E-state index in [1.165, 1.54) is 5.56 Å². The Labute approximate surface area is 117 Å². The highest BCUT2D eigenvalue weighted by molar-refractivity contribution is 5.78. The van der Waals surface area contributed by atoms with Gasteiger partial charge < -0.3 is 4.90 Å². The van der Waals surface area contributed by atoms with E-state index in [-0.39, 0.29) is 11.8 Å². The third kappa shape index (κ3) is 5.06. The maximum absolute atomic E-state index is 12.5. The summed E-state index contributed by atoms with van der Waals surface area (Å²) in [6.45, 7) is 10.1. The van der Waals surface area contributed by atoms with Crippen molar-refractivity contribution in [1.82, 2.24) is 4.90 Å². The van der Waals surface area contributed by atoms with Crippen molar-refractivity contribution < 1.29 is 4.79 Å². The Kier molecular flexibility index (Phi) is 6.61. The number of amides is 1. The van der Waals surface area contributed by atoms with Crippen LogP contribution in [0.15, 0.2) is 30.3 Å². The van der Waals surface area contributed by atoms with E-state index in [0.29, 0.717) is 5.92 Å². The number of hydrogen-bond donors (Lipinski definition) is 0. The van der Waals surface area contributed by atoms with Crippen LogP contribution in [-0.4, -0.2) is 17.4 Å². The molecule has 2 heteroatoms. The summed E-state index contributed by atoms with van der Waals surface area (Å²) in [5.74, 6) is 0.955. The lowest BCUT2D eigenvalue weighted by Crippen LogP contribution is -2.37. The van der Waals surface area contributed by atoms with E-state index in [1.54, 1.807) is 0 Å². The predicted molar refractivity (Wildman–Crippen MR) is 80.8 cm³/mol. The van der Waals surface area contributed by atoms with Crippen LogP contribution in [-0.2, 0) is 11.3 Å². The van der Waals surface area contributed by atoms with Crippen molar-refractivity contribution in [3.05, 3.63) is 35.9 Å². The van der Waals surface area contributed by atoms with E-state index in [2.05, 4.69) is 32.9 Å². The molecule has 0 unspecified atom stereocenters. The summed E-state index contributed by atoms with van der Waals surface area (Å²) in [6, 6.07) is 10.3. The van der Waals surface area contributed by atoms with Crippen molar-refractivity contribution in [3.63, 3.8) is 0 Å². The summed E-state index contributed by atoms with van der Waals surface area (Å²) < 4.78 is 0. The third-order valence-electron chi connectivity index (χ3n) is 3.79. The molecule has 0 saturated carbocycles. The molecule has 0 aromatic heterocycles. The van der Waals surface area contributed by atoms with E-state index in [4.69, 9.17) is 0 Å². The zero-order valence-electron chi connectivity index (χ0n) is 12.7. The maximum Gasteiger partial charge on any atom is 0.225 e. The van der Waals surface area contributed by atoms with E-state index in [0.717, 1.165) is 25.9 Å². The van der Waals surface area contributed by atoms with Crippen molar-refractivity contribution >= 4 is 5.91 Å². The smallest absolute Gasteiger partial charge is 0.225 e. The van der Waals surface area contributed by atoms with Gasteiger partial charge in [-0.05, 0) is 17.9 Å². The van der Waals surface area contributed by atoms with Gasteiger partial charge in [-0.1, -0.05) is 64.4 Å². The minimum atomic E-state index is 0.118. The van der Waals surface area contributed by atoms with Crippen molar-refractivity contribution in [2.75, 3.05) is 6.54 Å². The first-order valence-electron chi connectivity index (χ1n) is 7.41. The van der Waals surface area contributed by atoms with Gasteiger partial charge in [-0.15, -0.1) is 0 Å². The summed E-state index contributed by atoms with van der Waals surface area (Å²) in [4.78, 5) is 14.5. The Hall–Kier alpha value is -1.31. The molecule has 1 rings (SSSR count). The number of carbonyl (C=O) groups excluding carboxylic acids is 1.